The molecule has 0 aromatic heterocycles. The van der Waals surface area contributed by atoms with Gasteiger partial charge in [-0.1, -0.05) is 35.9 Å². The molecule has 1 aliphatic heterocycles. The van der Waals surface area contributed by atoms with Crippen LogP contribution >= 0.6 is 11.6 Å². The van der Waals surface area contributed by atoms with Gasteiger partial charge in [-0.3, -0.25) is 4.79 Å². The number of carbonyl (C=O) groups is 1. The minimum absolute atomic E-state index is 0.0124. The second-order valence-electron chi connectivity index (χ2n) is 8.32. The van der Waals surface area contributed by atoms with E-state index in [1.807, 2.05) is 0 Å². The van der Waals surface area contributed by atoms with Gasteiger partial charge < -0.3 is 9.84 Å². The Balaban J connectivity index is 1.65. The summed E-state index contributed by atoms with van der Waals surface area (Å²) in [5.74, 6) is -0.238. The van der Waals surface area contributed by atoms with Crippen molar-refractivity contribution >= 4 is 27.4 Å². The summed E-state index contributed by atoms with van der Waals surface area (Å²) in [5, 5.41) is 10.1. The van der Waals surface area contributed by atoms with Crippen molar-refractivity contribution in [1.29, 1.82) is 0 Å². The topological polar surface area (TPSA) is 83.9 Å². The van der Waals surface area contributed by atoms with Crippen molar-refractivity contribution < 1.29 is 36.2 Å². The lowest BCUT2D eigenvalue weighted by Gasteiger charge is -2.39. The van der Waals surface area contributed by atoms with Gasteiger partial charge in [0.2, 0.25) is 10.0 Å². The number of aliphatic hydroxyl groups is 1. The first-order valence-corrected chi connectivity index (χ1v) is 12.4. The highest BCUT2D eigenvalue weighted by Gasteiger charge is 2.43. The zero-order valence-corrected chi connectivity index (χ0v) is 20.0. The van der Waals surface area contributed by atoms with Gasteiger partial charge in [-0.05, 0) is 49.6 Å². The fourth-order valence-electron chi connectivity index (χ4n) is 3.80. The van der Waals surface area contributed by atoms with Crippen LogP contribution in [0.5, 0.6) is 5.75 Å². The maximum atomic E-state index is 13.1. The average Bonchev–Trinajstić information content (AvgIpc) is 2.79. The summed E-state index contributed by atoms with van der Waals surface area (Å²) in [5.41, 5.74) is -0.553. The predicted octanol–water partition coefficient (Wildman–Crippen LogP) is 4.24. The Morgan fingerprint density at radius 3 is 2.26 bits per heavy atom. The quantitative estimate of drug-likeness (QED) is 0.564. The van der Waals surface area contributed by atoms with Crippen LogP contribution in [0.4, 0.5) is 13.2 Å². The van der Waals surface area contributed by atoms with Crippen molar-refractivity contribution in [3.05, 3.63) is 59.1 Å². The molecule has 34 heavy (non-hydrogen) atoms. The zero-order chi connectivity index (χ0) is 25.1. The van der Waals surface area contributed by atoms with E-state index in [2.05, 4.69) is 0 Å². The van der Waals surface area contributed by atoms with Crippen LogP contribution < -0.4 is 4.74 Å². The molecule has 2 aromatic rings. The fourth-order valence-corrected chi connectivity index (χ4v) is 5.74. The Morgan fingerprint density at radius 2 is 1.74 bits per heavy atom. The maximum Gasteiger partial charge on any atom is 0.425 e. The summed E-state index contributed by atoms with van der Waals surface area (Å²) in [6, 6.07) is 11.8. The van der Waals surface area contributed by atoms with Crippen molar-refractivity contribution in [1.82, 2.24) is 4.31 Å². The number of carbonyl (C=O) groups excluding carboxylic acids is 1. The number of ketones is 1. The summed E-state index contributed by atoms with van der Waals surface area (Å²) in [6.45, 7) is 0.556. The van der Waals surface area contributed by atoms with Crippen LogP contribution in [0, 0.1) is 5.41 Å². The molecule has 1 unspecified atom stereocenters. The highest BCUT2D eigenvalue weighted by Crippen LogP contribution is 2.36. The van der Waals surface area contributed by atoms with E-state index in [0.717, 1.165) is 6.92 Å². The molecule has 6 nitrogen and oxygen atoms in total. The normalized spacial score (nSPS) is 17.8. The Hall–Kier alpha value is -2.14. The van der Waals surface area contributed by atoms with E-state index in [0.29, 0.717) is 5.56 Å². The number of benzene rings is 2. The molecule has 0 spiro atoms. The summed E-state index contributed by atoms with van der Waals surface area (Å²) >= 11 is 6.05. The van der Waals surface area contributed by atoms with Gasteiger partial charge in [0.15, 0.2) is 6.10 Å². The van der Waals surface area contributed by atoms with Gasteiger partial charge in [0.25, 0.3) is 0 Å². The fraction of sp³-hybridized carbons (Fsp3) is 0.435. The number of nitrogens with zero attached hydrogens (tertiary/aromatic N) is 1. The van der Waals surface area contributed by atoms with E-state index >= 15 is 0 Å². The van der Waals surface area contributed by atoms with Crippen LogP contribution in [-0.4, -0.2) is 55.6 Å². The first-order valence-electron chi connectivity index (χ1n) is 10.6. The van der Waals surface area contributed by atoms with Crippen LogP contribution in [-0.2, 0) is 21.2 Å². The number of piperidine rings is 1. The summed E-state index contributed by atoms with van der Waals surface area (Å²) in [6.07, 6.45) is -6.24. The molecule has 0 saturated carbocycles. The van der Waals surface area contributed by atoms with Crippen molar-refractivity contribution in [3.8, 4) is 5.75 Å². The Bertz CT molecular complexity index is 1110. The Kier molecular flexibility index (Phi) is 7.96. The van der Waals surface area contributed by atoms with Crippen LogP contribution in [0.2, 0.25) is 5.02 Å². The van der Waals surface area contributed by atoms with Gasteiger partial charge >= 0.3 is 6.18 Å². The number of halogens is 4. The zero-order valence-electron chi connectivity index (χ0n) is 18.4. The third kappa shape index (κ3) is 5.73. The molecule has 1 heterocycles. The van der Waals surface area contributed by atoms with Gasteiger partial charge in [-0.15, -0.1) is 0 Å². The molecule has 186 valence electrons. The molecule has 1 N–H and O–H groups in total. The predicted molar refractivity (Wildman–Crippen MR) is 120 cm³/mol. The average molecular weight is 520 g/mol. The van der Waals surface area contributed by atoms with E-state index in [1.165, 1.54) is 40.7 Å². The van der Waals surface area contributed by atoms with Gasteiger partial charge in [-0.25, -0.2) is 8.42 Å². The number of sulfonamides is 1. The second-order valence-corrected chi connectivity index (χ2v) is 10.6. The van der Waals surface area contributed by atoms with E-state index in [4.69, 9.17) is 16.3 Å². The highest BCUT2D eigenvalue weighted by atomic mass is 35.5. The van der Waals surface area contributed by atoms with E-state index < -0.39 is 34.3 Å². The van der Waals surface area contributed by atoms with Crippen LogP contribution in [0.3, 0.4) is 0 Å². The molecule has 0 bridgehead atoms. The number of Topliss-reactive ketones (excluding diaryl/α,β-unsaturated/α-hetero) is 1. The van der Waals surface area contributed by atoms with Crippen molar-refractivity contribution in [2.45, 2.75) is 43.4 Å². The third-order valence-electron chi connectivity index (χ3n) is 6.09. The number of ether oxygens (including phenoxy) is 1. The van der Waals surface area contributed by atoms with E-state index in [-0.39, 0.29) is 53.8 Å². The third-order valence-corrected chi connectivity index (χ3v) is 8.49. The SMILES string of the molecule is CC(Oc1ccc(CC(=O)C2(CO)CCN(S(=O)(=O)c3ccccc3Cl)CC2)cc1)C(F)(F)F. The number of hydrogen-bond donors (Lipinski definition) is 1. The lowest BCUT2D eigenvalue weighted by molar-refractivity contribution is -0.189. The van der Waals surface area contributed by atoms with Gasteiger partial charge in [0.1, 0.15) is 16.4 Å². The van der Waals surface area contributed by atoms with Crippen LogP contribution in [0.15, 0.2) is 53.4 Å². The van der Waals surface area contributed by atoms with Crippen LogP contribution in [0.25, 0.3) is 0 Å². The molecule has 11 heteroatoms. The van der Waals surface area contributed by atoms with E-state index in [9.17, 15) is 31.5 Å². The molecule has 0 radical (unpaired) electrons. The molecule has 2 aromatic carbocycles. The molecule has 1 aliphatic rings. The molecular weight excluding hydrogens is 495 g/mol. The summed E-state index contributed by atoms with van der Waals surface area (Å²) < 4.78 is 70.0. The summed E-state index contributed by atoms with van der Waals surface area (Å²) in [7, 11) is -3.85. The largest absolute Gasteiger partial charge is 0.481 e. The van der Waals surface area contributed by atoms with Crippen molar-refractivity contribution in [2.24, 2.45) is 5.41 Å². The van der Waals surface area contributed by atoms with Gasteiger partial charge in [-0.2, -0.15) is 17.5 Å². The number of rotatable bonds is 8. The van der Waals surface area contributed by atoms with Crippen LogP contribution in [0.1, 0.15) is 25.3 Å². The first kappa shape index (κ1) is 26.5. The number of alkyl halides is 3. The molecule has 1 saturated heterocycles. The van der Waals surface area contributed by atoms with Crippen molar-refractivity contribution in [3.63, 3.8) is 0 Å². The Labute approximate surface area is 201 Å². The highest BCUT2D eigenvalue weighted by molar-refractivity contribution is 7.89. The molecular formula is C23H25ClF3NO5S. The lowest BCUT2D eigenvalue weighted by Crippen LogP contribution is -2.48. The number of aliphatic hydroxyl groups excluding tert-OH is 1. The molecule has 3 rings (SSSR count). The monoisotopic (exact) mass is 519 g/mol. The molecule has 1 fully saturated rings. The standard InChI is InChI=1S/C23H25ClF3NO5S/c1-16(23(25,26)27)33-18-8-6-17(7-9-18)14-21(30)22(15-29)10-12-28(13-11-22)34(31,32)20-5-3-2-4-19(20)24/h2-9,16,29H,10-15H2,1H3. The lowest BCUT2D eigenvalue weighted by atomic mass is 9.74. The molecule has 0 amide bonds. The van der Waals surface area contributed by atoms with E-state index in [1.54, 1.807) is 12.1 Å². The second kappa shape index (κ2) is 10.2. The maximum absolute atomic E-state index is 13.1. The van der Waals surface area contributed by atoms with Gasteiger partial charge in [0.05, 0.1) is 17.0 Å². The Morgan fingerprint density at radius 1 is 1.15 bits per heavy atom. The molecule has 0 aliphatic carbocycles. The smallest absolute Gasteiger partial charge is 0.425 e. The minimum Gasteiger partial charge on any atom is -0.481 e. The number of hydrogen-bond acceptors (Lipinski definition) is 5. The summed E-state index contributed by atoms with van der Waals surface area (Å²) in [4.78, 5) is 13.1. The van der Waals surface area contributed by atoms with Gasteiger partial charge in [0, 0.05) is 19.5 Å². The van der Waals surface area contributed by atoms with Crippen molar-refractivity contribution in [2.75, 3.05) is 19.7 Å². The molecule has 1 atom stereocenters. The minimum atomic E-state index is -4.49. The first-order chi connectivity index (χ1) is 15.9.